The second-order valence-corrected chi connectivity index (χ2v) is 3.83. The molecular weight excluding hydrogens is 164 g/mol. The van der Waals surface area contributed by atoms with Gasteiger partial charge in [0.2, 0.25) is 0 Å². The highest BCUT2D eigenvalue weighted by molar-refractivity contribution is 5.70. The lowest BCUT2D eigenvalue weighted by molar-refractivity contribution is -0.143. The molecule has 13 heavy (non-hydrogen) atoms. The highest BCUT2D eigenvalue weighted by atomic mass is 16.4. The predicted molar refractivity (Wildman–Crippen MR) is 54.7 cm³/mol. The molecule has 0 spiro atoms. The average molecular weight is 186 g/mol. The van der Waals surface area contributed by atoms with E-state index in [4.69, 9.17) is 5.11 Å². The van der Waals surface area contributed by atoms with Crippen molar-refractivity contribution in [3.8, 4) is 0 Å². The van der Waals surface area contributed by atoms with Gasteiger partial charge in [-0.3, -0.25) is 4.79 Å². The average Bonchev–Trinajstić information content (AvgIpc) is 2.05. The van der Waals surface area contributed by atoms with Gasteiger partial charge in [0, 0.05) is 0 Å². The zero-order valence-electron chi connectivity index (χ0n) is 9.05. The number of carboxylic acids is 1. The van der Waals surface area contributed by atoms with Gasteiger partial charge < -0.3 is 5.11 Å². The standard InChI is InChI=1S/C11H22O2/c1-4-6-7-8-9(3)10(5-2)11(12)13/h9-10H,4-8H2,1-3H3,(H,12,13). The summed E-state index contributed by atoms with van der Waals surface area (Å²) in [7, 11) is 0. The minimum atomic E-state index is -0.633. The maximum Gasteiger partial charge on any atom is 0.306 e. The Kier molecular flexibility index (Phi) is 6.65. The van der Waals surface area contributed by atoms with Crippen molar-refractivity contribution >= 4 is 5.97 Å². The molecule has 0 amide bonds. The highest BCUT2D eigenvalue weighted by Crippen LogP contribution is 2.21. The number of hydrogen-bond donors (Lipinski definition) is 1. The van der Waals surface area contributed by atoms with Crippen molar-refractivity contribution in [1.82, 2.24) is 0 Å². The summed E-state index contributed by atoms with van der Waals surface area (Å²) < 4.78 is 0. The van der Waals surface area contributed by atoms with Gasteiger partial charge >= 0.3 is 5.97 Å². The minimum Gasteiger partial charge on any atom is -0.481 e. The van der Waals surface area contributed by atoms with Gasteiger partial charge in [-0.15, -0.1) is 0 Å². The Morgan fingerprint density at radius 2 is 1.92 bits per heavy atom. The van der Waals surface area contributed by atoms with E-state index in [0.717, 1.165) is 12.8 Å². The molecule has 2 heteroatoms. The number of carbonyl (C=O) groups is 1. The summed E-state index contributed by atoms with van der Waals surface area (Å²) in [5.41, 5.74) is 0. The number of hydrogen-bond acceptors (Lipinski definition) is 1. The lowest BCUT2D eigenvalue weighted by Crippen LogP contribution is -2.20. The zero-order chi connectivity index (χ0) is 10.3. The van der Waals surface area contributed by atoms with Crippen molar-refractivity contribution in [2.45, 2.75) is 52.9 Å². The first kappa shape index (κ1) is 12.5. The van der Waals surface area contributed by atoms with Crippen LogP contribution >= 0.6 is 0 Å². The fraction of sp³-hybridized carbons (Fsp3) is 0.909. The molecule has 0 aromatic carbocycles. The first-order valence-electron chi connectivity index (χ1n) is 5.36. The Bertz CT molecular complexity index is 143. The molecule has 1 N–H and O–H groups in total. The van der Waals surface area contributed by atoms with Crippen molar-refractivity contribution in [1.29, 1.82) is 0 Å². The van der Waals surface area contributed by atoms with Gasteiger partial charge in [0.25, 0.3) is 0 Å². The SMILES string of the molecule is CCCCCC(C)C(CC)C(=O)O. The van der Waals surface area contributed by atoms with Crippen LogP contribution in [0.2, 0.25) is 0 Å². The molecule has 0 saturated heterocycles. The smallest absolute Gasteiger partial charge is 0.306 e. The van der Waals surface area contributed by atoms with E-state index >= 15 is 0 Å². The van der Waals surface area contributed by atoms with Crippen LogP contribution in [0.5, 0.6) is 0 Å². The molecule has 0 fully saturated rings. The third-order valence-corrected chi connectivity index (χ3v) is 2.71. The Balaban J connectivity index is 3.77. The van der Waals surface area contributed by atoms with E-state index in [0.29, 0.717) is 5.92 Å². The molecule has 0 aliphatic rings. The summed E-state index contributed by atoms with van der Waals surface area (Å²) in [6.45, 7) is 6.17. The number of unbranched alkanes of at least 4 members (excludes halogenated alkanes) is 2. The molecule has 2 atom stereocenters. The number of aliphatic carboxylic acids is 1. The Hall–Kier alpha value is -0.530. The first-order valence-corrected chi connectivity index (χ1v) is 5.36. The summed E-state index contributed by atoms with van der Waals surface area (Å²) in [5.74, 6) is -0.447. The maximum absolute atomic E-state index is 10.8. The normalized spacial score (nSPS) is 15.3. The van der Waals surface area contributed by atoms with Gasteiger partial charge in [-0.25, -0.2) is 0 Å². The molecule has 0 radical (unpaired) electrons. The molecule has 0 aromatic heterocycles. The molecule has 0 heterocycles. The third kappa shape index (κ3) is 4.91. The van der Waals surface area contributed by atoms with Crippen LogP contribution in [-0.4, -0.2) is 11.1 Å². The summed E-state index contributed by atoms with van der Waals surface area (Å²) >= 11 is 0. The molecule has 0 aliphatic heterocycles. The number of rotatable bonds is 7. The van der Waals surface area contributed by atoms with Crippen molar-refractivity contribution in [2.75, 3.05) is 0 Å². The van der Waals surface area contributed by atoms with Crippen molar-refractivity contribution in [3.05, 3.63) is 0 Å². The highest BCUT2D eigenvalue weighted by Gasteiger charge is 2.21. The fourth-order valence-corrected chi connectivity index (χ4v) is 1.74. The van der Waals surface area contributed by atoms with Crippen LogP contribution in [0.25, 0.3) is 0 Å². The van der Waals surface area contributed by atoms with E-state index in [1.165, 1.54) is 19.3 Å². The molecule has 2 nitrogen and oxygen atoms in total. The van der Waals surface area contributed by atoms with Crippen molar-refractivity contribution in [3.63, 3.8) is 0 Å². The van der Waals surface area contributed by atoms with Crippen LogP contribution in [0.1, 0.15) is 52.9 Å². The van der Waals surface area contributed by atoms with Crippen molar-refractivity contribution in [2.24, 2.45) is 11.8 Å². The summed E-state index contributed by atoms with van der Waals surface area (Å²) in [6.07, 6.45) is 5.40. The van der Waals surface area contributed by atoms with Gasteiger partial charge in [0.15, 0.2) is 0 Å². The molecule has 0 bridgehead atoms. The second-order valence-electron chi connectivity index (χ2n) is 3.83. The third-order valence-electron chi connectivity index (χ3n) is 2.71. The molecule has 2 unspecified atom stereocenters. The summed E-state index contributed by atoms with van der Waals surface area (Å²) in [5, 5.41) is 8.90. The van der Waals surface area contributed by atoms with Crippen molar-refractivity contribution < 1.29 is 9.90 Å². The molecule has 0 aromatic rings. The fourth-order valence-electron chi connectivity index (χ4n) is 1.74. The number of carboxylic acid groups (broad SMARTS) is 1. The van der Waals surface area contributed by atoms with E-state index in [1.807, 2.05) is 6.92 Å². The van der Waals surface area contributed by atoms with Gasteiger partial charge in [-0.05, 0) is 18.8 Å². The van der Waals surface area contributed by atoms with Crippen LogP contribution in [0.3, 0.4) is 0 Å². The quantitative estimate of drug-likeness (QED) is 0.619. The summed E-state index contributed by atoms with van der Waals surface area (Å²) in [4.78, 5) is 10.8. The van der Waals surface area contributed by atoms with Crippen LogP contribution in [0.15, 0.2) is 0 Å². The lowest BCUT2D eigenvalue weighted by Gasteiger charge is -2.18. The van der Waals surface area contributed by atoms with E-state index in [9.17, 15) is 4.79 Å². The van der Waals surface area contributed by atoms with Crippen LogP contribution in [0.4, 0.5) is 0 Å². The molecular formula is C11H22O2. The second kappa shape index (κ2) is 6.93. The topological polar surface area (TPSA) is 37.3 Å². The molecule has 0 saturated carbocycles. The maximum atomic E-state index is 10.8. The largest absolute Gasteiger partial charge is 0.481 e. The van der Waals surface area contributed by atoms with Gasteiger partial charge in [-0.1, -0.05) is 40.0 Å². The monoisotopic (exact) mass is 186 g/mol. The zero-order valence-corrected chi connectivity index (χ0v) is 9.05. The summed E-state index contributed by atoms with van der Waals surface area (Å²) in [6, 6.07) is 0. The molecule has 78 valence electrons. The first-order chi connectivity index (χ1) is 6.13. The minimum absolute atomic E-state index is 0.142. The Morgan fingerprint density at radius 3 is 2.31 bits per heavy atom. The van der Waals surface area contributed by atoms with Gasteiger partial charge in [0.05, 0.1) is 5.92 Å². The van der Waals surface area contributed by atoms with E-state index in [1.54, 1.807) is 0 Å². The van der Waals surface area contributed by atoms with E-state index < -0.39 is 5.97 Å². The Morgan fingerprint density at radius 1 is 1.31 bits per heavy atom. The molecule has 0 aliphatic carbocycles. The van der Waals surface area contributed by atoms with Gasteiger partial charge in [-0.2, -0.15) is 0 Å². The predicted octanol–water partition coefficient (Wildman–Crippen LogP) is 3.31. The van der Waals surface area contributed by atoms with E-state index in [2.05, 4.69) is 13.8 Å². The molecule has 0 rings (SSSR count). The lowest BCUT2D eigenvalue weighted by atomic mass is 9.87. The van der Waals surface area contributed by atoms with Crippen LogP contribution < -0.4 is 0 Å². The van der Waals surface area contributed by atoms with Crippen LogP contribution in [0, 0.1) is 11.8 Å². The van der Waals surface area contributed by atoms with E-state index in [-0.39, 0.29) is 5.92 Å². The van der Waals surface area contributed by atoms with Gasteiger partial charge in [0.1, 0.15) is 0 Å². The van der Waals surface area contributed by atoms with Crippen LogP contribution in [-0.2, 0) is 4.79 Å². The Labute approximate surface area is 81.3 Å².